The van der Waals surface area contributed by atoms with Crippen LogP contribution in [0.5, 0.6) is 0 Å². The predicted octanol–water partition coefficient (Wildman–Crippen LogP) is 13.3. The lowest BCUT2D eigenvalue weighted by Gasteiger charge is -2.27. The first-order valence-electron chi connectivity index (χ1n) is 24.4. The average Bonchev–Trinajstić information content (AvgIpc) is 3.20. The zero-order chi connectivity index (χ0) is 41.0. The van der Waals surface area contributed by atoms with Crippen LogP contribution in [-0.4, -0.2) is 57.3 Å². The molecule has 0 bridgehead atoms. The molecular weight excluding hydrogens is 695 g/mol. The van der Waals surface area contributed by atoms with E-state index in [2.05, 4.69) is 55.6 Å². The Morgan fingerprint density at radius 2 is 0.768 bits per heavy atom. The van der Waals surface area contributed by atoms with E-state index in [4.69, 9.17) is 0 Å². The second kappa shape index (κ2) is 44.6. The molecule has 0 aliphatic carbocycles. The van der Waals surface area contributed by atoms with Crippen LogP contribution < -0.4 is 5.32 Å². The molecule has 0 aromatic carbocycles. The zero-order valence-corrected chi connectivity index (χ0v) is 37.1. The smallest absolute Gasteiger partial charge is 0.249 e. The Balaban J connectivity index is 3.65. The lowest BCUT2D eigenvalue weighted by atomic mass is 10.00. The average molecular weight is 790 g/mol. The molecule has 0 heterocycles. The third-order valence-electron chi connectivity index (χ3n) is 11.3. The SMILES string of the molecule is CCCC/C=C\CCCCCCC(O)C(=O)NC(CO)C(O)C(O)CCC/C=C/CC/C=C/CCCCCCCCCCCCCCCCCCCCCCC. The van der Waals surface area contributed by atoms with E-state index in [1.54, 1.807) is 0 Å². The normalized spacial score (nSPS) is 14.3. The maximum atomic E-state index is 12.4. The van der Waals surface area contributed by atoms with Crippen LogP contribution >= 0.6 is 0 Å². The maximum Gasteiger partial charge on any atom is 0.249 e. The highest BCUT2D eigenvalue weighted by Gasteiger charge is 2.28. The number of aliphatic hydroxyl groups is 4. The van der Waals surface area contributed by atoms with E-state index in [1.807, 2.05) is 0 Å². The molecule has 5 N–H and O–H groups in total. The van der Waals surface area contributed by atoms with Gasteiger partial charge in [0, 0.05) is 0 Å². The molecular formula is C50H95NO5. The Bertz CT molecular complexity index is 889. The second-order valence-corrected chi connectivity index (χ2v) is 16.8. The molecule has 4 atom stereocenters. The summed E-state index contributed by atoms with van der Waals surface area (Å²) in [5.74, 6) is -0.609. The Morgan fingerprint density at radius 3 is 1.18 bits per heavy atom. The summed E-state index contributed by atoms with van der Waals surface area (Å²) >= 11 is 0. The minimum Gasteiger partial charge on any atom is -0.394 e. The van der Waals surface area contributed by atoms with Crippen molar-refractivity contribution in [3.8, 4) is 0 Å². The van der Waals surface area contributed by atoms with Crippen molar-refractivity contribution in [2.45, 2.75) is 269 Å². The van der Waals surface area contributed by atoms with Gasteiger partial charge in [-0.05, 0) is 70.6 Å². The maximum absolute atomic E-state index is 12.4. The summed E-state index contributed by atoms with van der Waals surface area (Å²) in [6.07, 6.45) is 53.7. The van der Waals surface area contributed by atoms with Crippen molar-refractivity contribution in [1.82, 2.24) is 5.32 Å². The van der Waals surface area contributed by atoms with E-state index in [1.165, 1.54) is 154 Å². The molecule has 1 amide bonds. The lowest BCUT2D eigenvalue weighted by molar-refractivity contribution is -0.132. The molecule has 0 aromatic heterocycles. The quantitative estimate of drug-likeness (QED) is 0.0312. The standard InChI is InChI=1S/C50H95NO5/c1-3-5-7-9-11-13-15-16-17-18-19-20-21-22-23-24-25-26-27-28-29-30-31-32-33-34-36-37-39-41-43-47(53)49(55)46(45-52)51-50(56)48(54)44-42-40-38-35-14-12-10-8-6-4-2/h10,12,31-32,36-37,46-49,52-55H,3-9,11,13-30,33-35,38-45H2,1-2H3,(H,51,56)/b12-10-,32-31+,37-36+. The largest absolute Gasteiger partial charge is 0.394 e. The molecule has 6 heteroatoms. The molecule has 0 fully saturated rings. The molecule has 4 unspecified atom stereocenters. The van der Waals surface area contributed by atoms with E-state index < -0.39 is 36.9 Å². The summed E-state index contributed by atoms with van der Waals surface area (Å²) in [6.45, 7) is 3.98. The minimum atomic E-state index is -1.29. The second-order valence-electron chi connectivity index (χ2n) is 16.8. The van der Waals surface area contributed by atoms with Crippen molar-refractivity contribution < 1.29 is 25.2 Å². The number of nitrogens with one attached hydrogen (secondary N) is 1. The van der Waals surface area contributed by atoms with Gasteiger partial charge in [-0.1, -0.05) is 211 Å². The van der Waals surface area contributed by atoms with Crippen molar-refractivity contribution in [2.24, 2.45) is 0 Å². The van der Waals surface area contributed by atoms with Crippen LogP contribution in [0.1, 0.15) is 245 Å². The monoisotopic (exact) mass is 790 g/mol. The van der Waals surface area contributed by atoms with Crippen LogP contribution in [-0.2, 0) is 4.79 Å². The number of aliphatic hydroxyl groups excluding tert-OH is 4. The summed E-state index contributed by atoms with van der Waals surface area (Å²) in [5.41, 5.74) is 0. The van der Waals surface area contributed by atoms with Gasteiger partial charge in [0.2, 0.25) is 5.91 Å². The molecule has 0 aliphatic rings. The van der Waals surface area contributed by atoms with Crippen molar-refractivity contribution in [3.63, 3.8) is 0 Å². The molecule has 0 radical (unpaired) electrons. The highest BCUT2D eigenvalue weighted by atomic mass is 16.3. The Hall–Kier alpha value is -1.47. The highest BCUT2D eigenvalue weighted by Crippen LogP contribution is 2.16. The molecule has 0 saturated heterocycles. The van der Waals surface area contributed by atoms with E-state index in [-0.39, 0.29) is 0 Å². The van der Waals surface area contributed by atoms with Crippen LogP contribution in [0.25, 0.3) is 0 Å². The summed E-state index contributed by atoms with van der Waals surface area (Å²) in [6, 6.07) is -1.01. The highest BCUT2D eigenvalue weighted by molar-refractivity contribution is 5.80. The molecule has 330 valence electrons. The molecule has 0 rings (SSSR count). The number of rotatable bonds is 44. The summed E-state index contributed by atoms with van der Waals surface area (Å²) in [7, 11) is 0. The van der Waals surface area contributed by atoms with Crippen molar-refractivity contribution >= 4 is 5.91 Å². The third kappa shape index (κ3) is 38.1. The molecule has 56 heavy (non-hydrogen) atoms. The van der Waals surface area contributed by atoms with Gasteiger partial charge in [-0.3, -0.25) is 4.79 Å². The van der Waals surface area contributed by atoms with Gasteiger partial charge in [0.1, 0.15) is 12.2 Å². The first-order valence-corrected chi connectivity index (χ1v) is 24.4. The van der Waals surface area contributed by atoms with E-state index in [0.717, 1.165) is 57.8 Å². The fraction of sp³-hybridized carbons (Fsp3) is 0.860. The molecule has 6 nitrogen and oxygen atoms in total. The van der Waals surface area contributed by atoms with Gasteiger partial charge >= 0.3 is 0 Å². The Kier molecular flexibility index (Phi) is 43.5. The van der Waals surface area contributed by atoms with Gasteiger partial charge in [0.25, 0.3) is 0 Å². The fourth-order valence-electron chi connectivity index (χ4n) is 7.40. The van der Waals surface area contributed by atoms with Crippen LogP contribution in [0, 0.1) is 0 Å². The number of allylic oxidation sites excluding steroid dienone is 6. The minimum absolute atomic E-state index is 0.344. The number of unbranched alkanes of at least 4 members (excludes halogenated alkanes) is 29. The van der Waals surface area contributed by atoms with Crippen LogP contribution in [0.3, 0.4) is 0 Å². The molecule has 0 aromatic rings. The number of carbonyl (C=O) groups excluding carboxylic acids is 1. The lowest BCUT2D eigenvalue weighted by Crippen LogP contribution is -2.53. The summed E-state index contributed by atoms with van der Waals surface area (Å²) in [5, 5.41) is 43.5. The van der Waals surface area contributed by atoms with E-state index in [9.17, 15) is 25.2 Å². The molecule has 0 aliphatic heterocycles. The van der Waals surface area contributed by atoms with Gasteiger partial charge < -0.3 is 25.7 Å². The molecule has 0 spiro atoms. The van der Waals surface area contributed by atoms with Crippen LogP contribution in [0.15, 0.2) is 36.5 Å². The zero-order valence-electron chi connectivity index (χ0n) is 37.1. The van der Waals surface area contributed by atoms with Gasteiger partial charge in [0.05, 0.1) is 18.8 Å². The van der Waals surface area contributed by atoms with Crippen molar-refractivity contribution in [3.05, 3.63) is 36.5 Å². The van der Waals surface area contributed by atoms with E-state index >= 15 is 0 Å². The van der Waals surface area contributed by atoms with Gasteiger partial charge in [-0.25, -0.2) is 0 Å². The first-order chi connectivity index (χ1) is 27.5. The van der Waals surface area contributed by atoms with Gasteiger partial charge in [-0.2, -0.15) is 0 Å². The topological polar surface area (TPSA) is 110 Å². The first kappa shape index (κ1) is 54.5. The van der Waals surface area contributed by atoms with Gasteiger partial charge in [-0.15, -0.1) is 0 Å². The number of hydrogen-bond donors (Lipinski definition) is 5. The fourth-order valence-corrected chi connectivity index (χ4v) is 7.40. The Labute approximate surface area is 347 Å². The van der Waals surface area contributed by atoms with Gasteiger partial charge in [0.15, 0.2) is 0 Å². The number of carbonyl (C=O) groups is 1. The predicted molar refractivity (Wildman–Crippen MR) is 242 cm³/mol. The third-order valence-corrected chi connectivity index (χ3v) is 11.3. The van der Waals surface area contributed by atoms with E-state index in [0.29, 0.717) is 19.3 Å². The van der Waals surface area contributed by atoms with Crippen molar-refractivity contribution in [2.75, 3.05) is 6.61 Å². The van der Waals surface area contributed by atoms with Crippen molar-refractivity contribution in [1.29, 1.82) is 0 Å². The molecule has 0 saturated carbocycles. The Morgan fingerprint density at radius 1 is 0.429 bits per heavy atom. The van der Waals surface area contributed by atoms with Crippen LogP contribution in [0.2, 0.25) is 0 Å². The number of hydrogen-bond acceptors (Lipinski definition) is 5. The van der Waals surface area contributed by atoms with Crippen LogP contribution in [0.4, 0.5) is 0 Å². The summed E-state index contributed by atoms with van der Waals surface area (Å²) < 4.78 is 0. The number of amides is 1. The summed E-state index contributed by atoms with van der Waals surface area (Å²) in [4.78, 5) is 12.4.